The van der Waals surface area contributed by atoms with Crippen molar-refractivity contribution in [2.75, 3.05) is 6.61 Å². The van der Waals surface area contributed by atoms with Gasteiger partial charge < -0.3 is 4.74 Å². The van der Waals surface area contributed by atoms with Crippen LogP contribution in [0.4, 0.5) is 0 Å². The number of carbonyl (C=O) groups excluding carboxylic acids is 1. The van der Waals surface area contributed by atoms with Gasteiger partial charge in [0.25, 0.3) is 0 Å². The molecule has 0 aliphatic heterocycles. The lowest BCUT2D eigenvalue weighted by atomic mass is 10.4. The first-order valence-corrected chi connectivity index (χ1v) is 4.56. The third-order valence-corrected chi connectivity index (χ3v) is 2.43. The second-order valence-corrected chi connectivity index (χ2v) is 3.39. The molecule has 0 bridgehead atoms. The molecule has 0 amide bonds. The summed E-state index contributed by atoms with van der Waals surface area (Å²) < 4.78 is 5.54. The van der Waals surface area contributed by atoms with E-state index in [9.17, 15) is 4.79 Å². The smallest absolute Gasteiger partial charge is 0.333 e. The van der Waals surface area contributed by atoms with Crippen molar-refractivity contribution in [1.29, 1.82) is 0 Å². The fourth-order valence-corrected chi connectivity index (χ4v) is 0.536. The van der Waals surface area contributed by atoms with Crippen LogP contribution in [-0.2, 0) is 9.53 Å². The number of halogens is 2. The van der Waals surface area contributed by atoms with Crippen molar-refractivity contribution >= 4 is 37.8 Å². The van der Waals surface area contributed by atoms with E-state index in [2.05, 4.69) is 38.4 Å². The van der Waals surface area contributed by atoms with E-state index in [1.54, 1.807) is 11.9 Å². The summed E-state index contributed by atoms with van der Waals surface area (Å²) in [4.78, 5) is 12.4. The second-order valence-electron chi connectivity index (χ2n) is 1.91. The Morgan fingerprint density at radius 1 is 1.73 bits per heavy atom. The van der Waals surface area contributed by atoms with E-state index in [0.29, 0.717) is 5.57 Å². The maximum atomic E-state index is 10.8. The van der Waals surface area contributed by atoms with E-state index in [1.165, 1.54) is 0 Å². The Hall–Kier alpha value is -0.0900. The predicted molar refractivity (Wildman–Crippen MR) is 51.7 cm³/mol. The third-order valence-electron chi connectivity index (χ3n) is 0.808. The Bertz CT molecular complexity index is 197. The van der Waals surface area contributed by atoms with E-state index < -0.39 is 0 Å². The predicted octanol–water partition coefficient (Wildman–Crippen LogP) is 2.74. The standard InChI is InChI=1S/C7H8Br2O2/c1-5(2)7(10)11-4-6(9)3-8/h3H,1,4H2,2H3. The van der Waals surface area contributed by atoms with Crippen LogP contribution in [0.3, 0.4) is 0 Å². The molecule has 0 atom stereocenters. The molecule has 0 aromatic carbocycles. The van der Waals surface area contributed by atoms with Crippen molar-refractivity contribution in [2.45, 2.75) is 6.92 Å². The molecule has 0 saturated carbocycles. The van der Waals surface area contributed by atoms with Crippen LogP contribution in [0.5, 0.6) is 0 Å². The molecule has 0 fully saturated rings. The highest BCUT2D eigenvalue weighted by Gasteiger charge is 2.02. The number of esters is 1. The van der Waals surface area contributed by atoms with Gasteiger partial charge in [0.1, 0.15) is 6.61 Å². The molecular formula is C7H8Br2O2. The van der Waals surface area contributed by atoms with E-state index in [4.69, 9.17) is 4.74 Å². The number of carbonyl (C=O) groups is 1. The van der Waals surface area contributed by atoms with E-state index in [-0.39, 0.29) is 12.6 Å². The lowest BCUT2D eigenvalue weighted by molar-refractivity contribution is -0.137. The molecule has 62 valence electrons. The Kier molecular flexibility index (Phi) is 5.50. The van der Waals surface area contributed by atoms with Gasteiger partial charge in [0, 0.05) is 10.1 Å². The third kappa shape index (κ3) is 5.21. The maximum absolute atomic E-state index is 10.8. The van der Waals surface area contributed by atoms with Crippen molar-refractivity contribution in [2.24, 2.45) is 0 Å². The minimum atomic E-state index is -0.378. The average Bonchev–Trinajstić information content (AvgIpc) is 1.99. The normalized spacial score (nSPS) is 11.0. The van der Waals surface area contributed by atoms with E-state index >= 15 is 0 Å². The summed E-state index contributed by atoms with van der Waals surface area (Å²) in [5, 5.41) is 0. The van der Waals surface area contributed by atoms with Crippen LogP contribution in [0.2, 0.25) is 0 Å². The Morgan fingerprint density at radius 3 is 2.64 bits per heavy atom. The topological polar surface area (TPSA) is 26.3 Å². The van der Waals surface area contributed by atoms with Crippen molar-refractivity contribution in [3.05, 3.63) is 21.6 Å². The highest BCUT2D eigenvalue weighted by atomic mass is 79.9. The molecule has 0 heterocycles. The average molecular weight is 284 g/mol. The Labute approximate surface area is 82.6 Å². The van der Waals surface area contributed by atoms with Crippen molar-refractivity contribution in [1.82, 2.24) is 0 Å². The molecule has 0 N–H and O–H groups in total. The lowest BCUT2D eigenvalue weighted by Gasteiger charge is -2.01. The van der Waals surface area contributed by atoms with Crippen molar-refractivity contribution < 1.29 is 9.53 Å². The summed E-state index contributed by atoms with van der Waals surface area (Å²) in [6, 6.07) is 0. The van der Waals surface area contributed by atoms with Crippen LogP contribution in [0, 0.1) is 0 Å². The zero-order valence-corrected chi connectivity index (χ0v) is 9.24. The number of ether oxygens (including phenoxy) is 1. The molecule has 4 heteroatoms. The van der Waals surface area contributed by atoms with Crippen LogP contribution in [-0.4, -0.2) is 12.6 Å². The molecule has 2 nitrogen and oxygen atoms in total. The van der Waals surface area contributed by atoms with Gasteiger partial charge >= 0.3 is 5.97 Å². The monoisotopic (exact) mass is 282 g/mol. The maximum Gasteiger partial charge on any atom is 0.333 e. The summed E-state index contributed by atoms with van der Waals surface area (Å²) in [6.07, 6.45) is 0. The molecule has 0 saturated heterocycles. The summed E-state index contributed by atoms with van der Waals surface area (Å²) >= 11 is 6.24. The molecular weight excluding hydrogens is 276 g/mol. The molecule has 0 aromatic heterocycles. The number of hydrogen-bond acceptors (Lipinski definition) is 2. The summed E-state index contributed by atoms with van der Waals surface area (Å²) in [6.45, 7) is 5.28. The highest BCUT2D eigenvalue weighted by Crippen LogP contribution is 2.08. The molecule has 0 rings (SSSR count). The summed E-state index contributed by atoms with van der Waals surface area (Å²) in [5.41, 5.74) is 0.403. The first kappa shape index (κ1) is 10.9. The minimum Gasteiger partial charge on any atom is -0.457 e. The van der Waals surface area contributed by atoms with Crippen LogP contribution in [0.25, 0.3) is 0 Å². The molecule has 0 unspecified atom stereocenters. The van der Waals surface area contributed by atoms with Gasteiger partial charge in [-0.15, -0.1) is 0 Å². The van der Waals surface area contributed by atoms with Gasteiger partial charge in [0.2, 0.25) is 0 Å². The zero-order chi connectivity index (χ0) is 8.85. The largest absolute Gasteiger partial charge is 0.457 e. The van der Waals surface area contributed by atoms with Crippen LogP contribution < -0.4 is 0 Å². The van der Waals surface area contributed by atoms with Gasteiger partial charge in [-0.05, 0) is 11.9 Å². The zero-order valence-electron chi connectivity index (χ0n) is 6.06. The van der Waals surface area contributed by atoms with Crippen LogP contribution in [0.15, 0.2) is 21.6 Å². The van der Waals surface area contributed by atoms with Gasteiger partial charge in [0.15, 0.2) is 0 Å². The Morgan fingerprint density at radius 2 is 2.27 bits per heavy atom. The van der Waals surface area contributed by atoms with Crippen molar-refractivity contribution in [3.8, 4) is 0 Å². The summed E-state index contributed by atoms with van der Waals surface area (Å²) in [5.74, 6) is -0.378. The minimum absolute atomic E-state index is 0.233. The Balaban J connectivity index is 3.72. The highest BCUT2D eigenvalue weighted by molar-refractivity contribution is 9.14. The van der Waals surface area contributed by atoms with E-state index in [0.717, 1.165) is 4.48 Å². The SMILES string of the molecule is C=C(C)C(=O)OCC(Br)=CBr. The fraction of sp³-hybridized carbons (Fsp3) is 0.286. The van der Waals surface area contributed by atoms with Crippen molar-refractivity contribution in [3.63, 3.8) is 0 Å². The van der Waals surface area contributed by atoms with Gasteiger partial charge in [-0.2, -0.15) is 0 Å². The van der Waals surface area contributed by atoms with E-state index in [1.807, 2.05) is 0 Å². The van der Waals surface area contributed by atoms with Crippen LogP contribution in [0.1, 0.15) is 6.92 Å². The number of rotatable bonds is 3. The second kappa shape index (κ2) is 5.55. The number of hydrogen-bond donors (Lipinski definition) is 0. The summed E-state index contributed by atoms with van der Waals surface area (Å²) in [7, 11) is 0. The van der Waals surface area contributed by atoms with Gasteiger partial charge in [-0.1, -0.05) is 38.4 Å². The fourth-order valence-electron chi connectivity index (χ4n) is 0.289. The lowest BCUT2D eigenvalue weighted by Crippen LogP contribution is -2.05. The quantitative estimate of drug-likeness (QED) is 0.588. The molecule has 0 spiro atoms. The van der Waals surface area contributed by atoms with Gasteiger partial charge in [-0.3, -0.25) is 0 Å². The molecule has 0 aliphatic carbocycles. The first-order valence-electron chi connectivity index (χ1n) is 2.85. The molecule has 0 radical (unpaired) electrons. The first-order chi connectivity index (χ1) is 5.07. The molecule has 11 heavy (non-hydrogen) atoms. The molecule has 0 aliphatic rings. The van der Waals surface area contributed by atoms with Gasteiger partial charge in [0.05, 0.1) is 0 Å². The van der Waals surface area contributed by atoms with Gasteiger partial charge in [-0.25, -0.2) is 4.79 Å². The van der Waals surface area contributed by atoms with Crippen LogP contribution >= 0.6 is 31.9 Å². The molecule has 0 aromatic rings.